The van der Waals surface area contributed by atoms with Gasteiger partial charge >= 0.3 is 0 Å². The molecule has 1 aromatic heterocycles. The van der Waals surface area contributed by atoms with Crippen LogP contribution in [0.25, 0.3) is 0 Å². The molecule has 0 unspecified atom stereocenters. The Labute approximate surface area is 129 Å². The normalized spacial score (nSPS) is 14.7. The molecule has 0 aliphatic carbocycles. The van der Waals surface area contributed by atoms with E-state index in [2.05, 4.69) is 15.2 Å². The maximum atomic E-state index is 12.4. The van der Waals surface area contributed by atoms with Crippen molar-refractivity contribution in [3.8, 4) is 0 Å². The van der Waals surface area contributed by atoms with Crippen LogP contribution in [0.5, 0.6) is 0 Å². The van der Waals surface area contributed by atoms with Crippen LogP contribution in [0.4, 0.5) is 11.4 Å². The Kier molecular flexibility index (Phi) is 4.34. The van der Waals surface area contributed by atoms with Gasteiger partial charge in [0, 0.05) is 30.7 Å². The lowest BCUT2D eigenvalue weighted by Crippen LogP contribution is -2.36. The molecule has 2 heterocycles. The predicted molar refractivity (Wildman–Crippen MR) is 86.4 cm³/mol. The number of morpholine rings is 1. The summed E-state index contributed by atoms with van der Waals surface area (Å²) in [4.78, 5) is 18.8. The molecule has 22 heavy (non-hydrogen) atoms. The van der Waals surface area contributed by atoms with Crippen molar-refractivity contribution in [3.05, 3.63) is 53.9 Å². The van der Waals surface area contributed by atoms with Crippen LogP contribution in [-0.2, 0) is 4.74 Å². The highest BCUT2D eigenvalue weighted by Gasteiger charge is 2.14. The Morgan fingerprint density at radius 3 is 2.77 bits per heavy atom. The summed E-state index contributed by atoms with van der Waals surface area (Å²) in [5, 5.41) is 2.91. The van der Waals surface area contributed by atoms with Crippen LogP contribution in [0.1, 0.15) is 16.1 Å². The summed E-state index contributed by atoms with van der Waals surface area (Å²) in [6.07, 6.45) is 1.68. The summed E-state index contributed by atoms with van der Waals surface area (Å²) >= 11 is 0. The zero-order valence-electron chi connectivity index (χ0n) is 12.6. The highest BCUT2D eigenvalue weighted by atomic mass is 16.5. The molecule has 1 fully saturated rings. The van der Waals surface area contributed by atoms with Crippen molar-refractivity contribution in [3.63, 3.8) is 0 Å². The number of aryl methyl sites for hydroxylation is 1. The molecule has 5 heteroatoms. The van der Waals surface area contributed by atoms with Gasteiger partial charge in [0.15, 0.2) is 0 Å². The minimum Gasteiger partial charge on any atom is -0.378 e. The van der Waals surface area contributed by atoms with Crippen molar-refractivity contribution in [2.24, 2.45) is 0 Å². The van der Waals surface area contributed by atoms with Crippen LogP contribution in [0, 0.1) is 6.92 Å². The first-order valence-electron chi connectivity index (χ1n) is 7.40. The van der Waals surface area contributed by atoms with Crippen molar-refractivity contribution >= 4 is 17.3 Å². The average Bonchev–Trinajstić information content (AvgIpc) is 2.58. The minimum absolute atomic E-state index is 0.190. The number of hydrogen-bond acceptors (Lipinski definition) is 4. The minimum atomic E-state index is -0.190. The molecule has 0 spiro atoms. The smallest absolute Gasteiger partial charge is 0.274 e. The van der Waals surface area contributed by atoms with E-state index in [9.17, 15) is 4.79 Å². The van der Waals surface area contributed by atoms with E-state index < -0.39 is 0 Å². The van der Waals surface area contributed by atoms with Crippen molar-refractivity contribution in [2.75, 3.05) is 36.5 Å². The van der Waals surface area contributed by atoms with E-state index in [0.29, 0.717) is 18.9 Å². The molecule has 0 bridgehead atoms. The SMILES string of the molecule is Cc1ccccc1NC(=O)c1cc(N2CCOCC2)ccn1. The third-order valence-electron chi connectivity index (χ3n) is 3.75. The van der Waals surface area contributed by atoms with E-state index in [1.165, 1.54) is 0 Å². The number of anilines is 2. The van der Waals surface area contributed by atoms with Gasteiger partial charge in [-0.15, -0.1) is 0 Å². The lowest BCUT2D eigenvalue weighted by Gasteiger charge is -2.28. The first kappa shape index (κ1) is 14.5. The molecule has 2 aromatic rings. The summed E-state index contributed by atoms with van der Waals surface area (Å²) in [6, 6.07) is 11.5. The van der Waals surface area contributed by atoms with Crippen molar-refractivity contribution in [1.29, 1.82) is 0 Å². The number of para-hydroxylation sites is 1. The van der Waals surface area contributed by atoms with Crippen LogP contribution >= 0.6 is 0 Å². The van der Waals surface area contributed by atoms with Gasteiger partial charge in [0.25, 0.3) is 5.91 Å². The summed E-state index contributed by atoms with van der Waals surface area (Å²) in [5.41, 5.74) is 3.27. The Morgan fingerprint density at radius 1 is 1.23 bits per heavy atom. The van der Waals surface area contributed by atoms with Gasteiger partial charge in [-0.25, -0.2) is 0 Å². The molecule has 1 aromatic carbocycles. The largest absolute Gasteiger partial charge is 0.378 e. The Balaban J connectivity index is 1.76. The van der Waals surface area contributed by atoms with E-state index in [-0.39, 0.29) is 5.91 Å². The molecule has 1 amide bonds. The van der Waals surface area contributed by atoms with E-state index >= 15 is 0 Å². The van der Waals surface area contributed by atoms with Crippen LogP contribution in [0.2, 0.25) is 0 Å². The zero-order chi connectivity index (χ0) is 15.4. The average molecular weight is 297 g/mol. The zero-order valence-corrected chi connectivity index (χ0v) is 12.6. The molecule has 0 radical (unpaired) electrons. The number of hydrogen-bond donors (Lipinski definition) is 1. The first-order chi connectivity index (χ1) is 10.7. The second-order valence-electron chi connectivity index (χ2n) is 5.27. The van der Waals surface area contributed by atoms with E-state index in [0.717, 1.165) is 30.0 Å². The number of benzene rings is 1. The molecule has 3 rings (SSSR count). The number of amides is 1. The van der Waals surface area contributed by atoms with Gasteiger partial charge in [0.05, 0.1) is 13.2 Å². The molecule has 1 saturated heterocycles. The standard InChI is InChI=1S/C17H19N3O2/c1-13-4-2-3-5-15(13)19-17(21)16-12-14(6-7-18-16)20-8-10-22-11-9-20/h2-7,12H,8-11H2,1H3,(H,19,21). The van der Waals surface area contributed by atoms with Crippen LogP contribution in [0.15, 0.2) is 42.6 Å². The van der Waals surface area contributed by atoms with Crippen molar-refractivity contribution in [1.82, 2.24) is 4.98 Å². The molecule has 1 aliphatic rings. The molecule has 0 saturated carbocycles. The fraction of sp³-hybridized carbons (Fsp3) is 0.294. The fourth-order valence-corrected chi connectivity index (χ4v) is 2.46. The lowest BCUT2D eigenvalue weighted by atomic mass is 10.2. The summed E-state index contributed by atoms with van der Waals surface area (Å²) in [6.45, 7) is 5.07. The highest BCUT2D eigenvalue weighted by molar-refractivity contribution is 6.03. The van der Waals surface area contributed by atoms with Crippen LogP contribution < -0.4 is 10.2 Å². The number of rotatable bonds is 3. The molecule has 1 aliphatic heterocycles. The fourth-order valence-electron chi connectivity index (χ4n) is 2.46. The van der Waals surface area contributed by atoms with Gasteiger partial charge in [-0.2, -0.15) is 0 Å². The quantitative estimate of drug-likeness (QED) is 0.945. The van der Waals surface area contributed by atoms with Crippen molar-refractivity contribution < 1.29 is 9.53 Å². The maximum Gasteiger partial charge on any atom is 0.274 e. The Morgan fingerprint density at radius 2 is 2.00 bits per heavy atom. The van der Waals surface area contributed by atoms with Crippen molar-refractivity contribution in [2.45, 2.75) is 6.92 Å². The van der Waals surface area contributed by atoms with E-state index in [1.807, 2.05) is 43.3 Å². The summed E-state index contributed by atoms with van der Waals surface area (Å²) in [7, 11) is 0. The lowest BCUT2D eigenvalue weighted by molar-refractivity contribution is 0.102. The number of nitrogens with one attached hydrogen (secondary N) is 1. The number of aromatic nitrogens is 1. The van der Waals surface area contributed by atoms with Gasteiger partial charge < -0.3 is 15.0 Å². The van der Waals surface area contributed by atoms with Gasteiger partial charge in [0.1, 0.15) is 5.69 Å². The van der Waals surface area contributed by atoms with Gasteiger partial charge in [0.2, 0.25) is 0 Å². The molecular formula is C17H19N3O2. The van der Waals surface area contributed by atoms with E-state index in [1.54, 1.807) is 6.20 Å². The summed E-state index contributed by atoms with van der Waals surface area (Å²) < 4.78 is 5.35. The predicted octanol–water partition coefficient (Wildman–Crippen LogP) is 2.48. The number of carbonyl (C=O) groups excluding carboxylic acids is 1. The second-order valence-corrected chi connectivity index (χ2v) is 5.27. The van der Waals surface area contributed by atoms with Gasteiger partial charge in [-0.05, 0) is 30.7 Å². The van der Waals surface area contributed by atoms with Crippen LogP contribution in [0.3, 0.4) is 0 Å². The monoisotopic (exact) mass is 297 g/mol. The Bertz CT molecular complexity index is 666. The third-order valence-corrected chi connectivity index (χ3v) is 3.75. The summed E-state index contributed by atoms with van der Waals surface area (Å²) in [5.74, 6) is -0.190. The van der Waals surface area contributed by atoms with Gasteiger partial charge in [-0.3, -0.25) is 9.78 Å². The molecular weight excluding hydrogens is 278 g/mol. The number of ether oxygens (including phenoxy) is 1. The number of carbonyl (C=O) groups is 1. The number of nitrogens with zero attached hydrogens (tertiary/aromatic N) is 2. The van der Waals surface area contributed by atoms with Crippen LogP contribution in [-0.4, -0.2) is 37.2 Å². The maximum absolute atomic E-state index is 12.4. The molecule has 0 atom stereocenters. The second kappa shape index (κ2) is 6.58. The highest BCUT2D eigenvalue weighted by Crippen LogP contribution is 2.18. The molecule has 1 N–H and O–H groups in total. The van der Waals surface area contributed by atoms with Gasteiger partial charge in [-0.1, -0.05) is 18.2 Å². The Hall–Kier alpha value is -2.40. The number of pyridine rings is 1. The third kappa shape index (κ3) is 3.26. The topological polar surface area (TPSA) is 54.5 Å². The molecule has 5 nitrogen and oxygen atoms in total. The van der Waals surface area contributed by atoms with E-state index in [4.69, 9.17) is 4.74 Å². The molecule has 114 valence electrons. The first-order valence-corrected chi connectivity index (χ1v) is 7.40.